The van der Waals surface area contributed by atoms with Gasteiger partial charge in [0.05, 0.1) is 0 Å². The van der Waals surface area contributed by atoms with Crippen molar-refractivity contribution in [2.45, 2.75) is 32.6 Å². The predicted molar refractivity (Wildman–Crippen MR) is 118 cm³/mol. The molecule has 3 rings (SSSR count). The van der Waals surface area contributed by atoms with Gasteiger partial charge in [0.25, 0.3) is 0 Å². The zero-order valence-corrected chi connectivity index (χ0v) is 16.4. The summed E-state index contributed by atoms with van der Waals surface area (Å²) in [6.07, 6.45) is 5.24. The van der Waals surface area contributed by atoms with E-state index < -0.39 is 0 Å². The maximum atomic E-state index is 10.3. The van der Waals surface area contributed by atoms with Crippen molar-refractivity contribution < 1.29 is 4.79 Å². The fourth-order valence-corrected chi connectivity index (χ4v) is 2.36. The first kappa shape index (κ1) is 22.1. The van der Waals surface area contributed by atoms with E-state index >= 15 is 0 Å². The molecule has 0 radical (unpaired) electrons. The average Bonchev–Trinajstić information content (AvgIpc) is 2.76. The minimum atomic E-state index is 0.0289. The predicted octanol–water partition coefficient (Wildman–Crippen LogP) is 6.96. The Hall–Kier alpha value is -2.93. The molecule has 1 nitrogen and oxygen atoms in total. The maximum Gasteiger partial charge on any atom is 0.127 e. The van der Waals surface area contributed by atoms with Gasteiger partial charge in [-0.05, 0) is 23.1 Å². The lowest BCUT2D eigenvalue weighted by Crippen LogP contribution is -1.92. The molecule has 0 spiro atoms. The molecule has 3 aromatic carbocycles. The Kier molecular flexibility index (Phi) is 11.7. The summed E-state index contributed by atoms with van der Waals surface area (Å²) in [5.74, 6) is 0.0289. The van der Waals surface area contributed by atoms with Gasteiger partial charge in [-0.25, -0.2) is 0 Å². The Balaban J connectivity index is 0.000000204. The Bertz CT molecular complexity index is 733. The second-order valence-electron chi connectivity index (χ2n) is 6.19. The van der Waals surface area contributed by atoms with Crippen LogP contribution in [0.25, 0.3) is 6.08 Å². The molecule has 0 aliphatic heterocycles. The van der Waals surface area contributed by atoms with Gasteiger partial charge in [0.2, 0.25) is 0 Å². The van der Waals surface area contributed by atoms with Crippen molar-refractivity contribution in [1.82, 2.24) is 0 Å². The van der Waals surface area contributed by atoms with E-state index in [2.05, 4.69) is 43.8 Å². The first-order valence-corrected chi connectivity index (χ1v) is 9.42. The molecule has 0 saturated heterocycles. The molecule has 0 amide bonds. The molecule has 3 aromatic rings. The van der Waals surface area contributed by atoms with Crippen LogP contribution in [0.5, 0.6) is 0 Å². The van der Waals surface area contributed by atoms with Gasteiger partial charge in [-0.1, -0.05) is 124 Å². The third kappa shape index (κ3) is 9.96. The van der Waals surface area contributed by atoms with E-state index in [1.165, 1.54) is 24.0 Å². The third-order valence-corrected chi connectivity index (χ3v) is 3.95. The van der Waals surface area contributed by atoms with Crippen LogP contribution in [0.3, 0.4) is 0 Å². The Labute approximate surface area is 164 Å². The number of hydrogen-bond donors (Lipinski definition) is 0. The van der Waals surface area contributed by atoms with Gasteiger partial charge < -0.3 is 4.79 Å². The summed E-state index contributed by atoms with van der Waals surface area (Å²) in [5, 5.41) is 0. The van der Waals surface area contributed by atoms with Crippen LogP contribution in [-0.4, -0.2) is 6.29 Å². The molecular formula is C26H30O. The van der Waals surface area contributed by atoms with Gasteiger partial charge in [0, 0.05) is 5.92 Å². The number of carbonyl (C=O) groups excluding carboxylic acids is 1. The first-order chi connectivity index (χ1) is 13.2. The van der Waals surface area contributed by atoms with Crippen molar-refractivity contribution in [3.05, 3.63) is 114 Å². The van der Waals surface area contributed by atoms with Crippen LogP contribution in [-0.2, 0) is 11.2 Å². The van der Waals surface area contributed by atoms with Gasteiger partial charge in [-0.15, -0.1) is 0 Å². The first-order valence-electron chi connectivity index (χ1n) is 9.42. The zero-order chi connectivity index (χ0) is 19.7. The van der Waals surface area contributed by atoms with Crippen molar-refractivity contribution in [3.8, 4) is 0 Å². The molecule has 1 atom stereocenters. The van der Waals surface area contributed by atoms with Crippen molar-refractivity contribution in [2.75, 3.05) is 0 Å². The number of aryl methyl sites for hydroxylation is 1. The Morgan fingerprint density at radius 2 is 1.30 bits per heavy atom. The highest BCUT2D eigenvalue weighted by atomic mass is 16.1. The summed E-state index contributed by atoms with van der Waals surface area (Å²) >= 11 is 0. The molecule has 0 bridgehead atoms. The van der Waals surface area contributed by atoms with Crippen LogP contribution < -0.4 is 0 Å². The minimum absolute atomic E-state index is 0.0289. The molecule has 0 saturated carbocycles. The second kappa shape index (κ2) is 14.3. The van der Waals surface area contributed by atoms with Gasteiger partial charge in [-0.3, -0.25) is 0 Å². The van der Waals surface area contributed by atoms with E-state index in [4.69, 9.17) is 0 Å². The topological polar surface area (TPSA) is 17.1 Å². The highest BCUT2D eigenvalue weighted by Crippen LogP contribution is 2.10. The summed E-state index contributed by atoms with van der Waals surface area (Å²) in [5.41, 5.74) is 3.70. The molecule has 0 N–H and O–H groups in total. The lowest BCUT2D eigenvalue weighted by atomic mass is 10.0. The quantitative estimate of drug-likeness (QED) is 0.451. The molecule has 0 heterocycles. The molecule has 0 aliphatic carbocycles. The number of benzene rings is 3. The number of rotatable bonds is 5. The Morgan fingerprint density at radius 1 is 0.815 bits per heavy atom. The zero-order valence-electron chi connectivity index (χ0n) is 16.4. The summed E-state index contributed by atoms with van der Waals surface area (Å²) in [7, 11) is 0. The smallest absolute Gasteiger partial charge is 0.127 e. The molecule has 0 fully saturated rings. The Morgan fingerprint density at radius 3 is 1.70 bits per heavy atom. The summed E-state index contributed by atoms with van der Waals surface area (Å²) in [6, 6.07) is 30.3. The molecular weight excluding hydrogens is 328 g/mol. The summed E-state index contributed by atoms with van der Waals surface area (Å²) < 4.78 is 0. The van der Waals surface area contributed by atoms with Gasteiger partial charge >= 0.3 is 0 Å². The normalized spacial score (nSPS) is 10.3. The third-order valence-electron chi connectivity index (χ3n) is 3.95. The molecule has 140 valence electrons. The van der Waals surface area contributed by atoms with Crippen LogP contribution in [0, 0.1) is 0 Å². The molecule has 0 aromatic heterocycles. The van der Waals surface area contributed by atoms with Crippen LogP contribution in [0.2, 0.25) is 0 Å². The van der Waals surface area contributed by atoms with Crippen LogP contribution in [0.1, 0.15) is 42.9 Å². The summed E-state index contributed by atoms with van der Waals surface area (Å²) in [4.78, 5) is 10.3. The van der Waals surface area contributed by atoms with Gasteiger partial charge in [-0.2, -0.15) is 0 Å². The van der Waals surface area contributed by atoms with E-state index in [0.29, 0.717) is 0 Å². The molecule has 27 heavy (non-hydrogen) atoms. The van der Waals surface area contributed by atoms with Crippen LogP contribution >= 0.6 is 0 Å². The van der Waals surface area contributed by atoms with E-state index in [1.807, 2.05) is 73.7 Å². The minimum Gasteiger partial charge on any atom is -0.303 e. The fraction of sp³-hybridized carbons (Fsp3) is 0.192. The maximum absolute atomic E-state index is 10.3. The monoisotopic (exact) mass is 358 g/mol. The molecule has 0 aliphatic rings. The second-order valence-corrected chi connectivity index (χ2v) is 6.19. The van der Waals surface area contributed by atoms with E-state index in [0.717, 1.165) is 11.8 Å². The lowest BCUT2D eigenvalue weighted by molar-refractivity contribution is -0.108. The van der Waals surface area contributed by atoms with Crippen molar-refractivity contribution >= 4 is 12.4 Å². The van der Waals surface area contributed by atoms with Crippen molar-refractivity contribution in [1.29, 1.82) is 0 Å². The van der Waals surface area contributed by atoms with Crippen LogP contribution in [0.15, 0.2) is 97.6 Å². The lowest BCUT2D eigenvalue weighted by Gasteiger charge is -2.00. The standard InChI is InChI=1S/C9H10O.C9H12.C8H8/c1-8(7-10)9-5-3-2-4-6-9;1-2-6-9-7-4-3-5-8-9;1-2-8-6-4-3-5-7-8/h2-8H,1H3;3-5,7-8H,2,6H2,1H3;2-7H,1H2. The van der Waals surface area contributed by atoms with E-state index in [9.17, 15) is 4.79 Å². The summed E-state index contributed by atoms with van der Waals surface area (Å²) in [6.45, 7) is 7.72. The van der Waals surface area contributed by atoms with Gasteiger partial charge in [0.15, 0.2) is 0 Å². The van der Waals surface area contributed by atoms with Crippen molar-refractivity contribution in [2.24, 2.45) is 0 Å². The molecule has 1 unspecified atom stereocenters. The van der Waals surface area contributed by atoms with E-state index in [-0.39, 0.29) is 5.92 Å². The van der Waals surface area contributed by atoms with E-state index in [1.54, 1.807) is 0 Å². The van der Waals surface area contributed by atoms with Gasteiger partial charge in [0.1, 0.15) is 6.29 Å². The average molecular weight is 359 g/mol. The van der Waals surface area contributed by atoms with Crippen LogP contribution in [0.4, 0.5) is 0 Å². The number of carbonyl (C=O) groups is 1. The molecule has 1 heteroatoms. The SMILES string of the molecule is C=Cc1ccccc1.CC(C=O)c1ccccc1.CCCc1ccccc1. The number of hydrogen-bond acceptors (Lipinski definition) is 1. The highest BCUT2D eigenvalue weighted by Gasteiger charge is 1.99. The number of aldehydes is 1. The fourth-order valence-electron chi connectivity index (χ4n) is 2.36. The highest BCUT2D eigenvalue weighted by molar-refractivity contribution is 5.61. The van der Waals surface area contributed by atoms with Crippen molar-refractivity contribution in [3.63, 3.8) is 0 Å². The largest absolute Gasteiger partial charge is 0.303 e.